The van der Waals surface area contributed by atoms with Gasteiger partial charge >= 0.3 is 0 Å². The Hall–Kier alpha value is -0.840. The molecule has 1 N–H and O–H groups in total. The van der Waals surface area contributed by atoms with Gasteiger partial charge in [0.1, 0.15) is 11.5 Å². The number of nitrogens with one attached hydrogen (secondary N) is 1. The van der Waals surface area contributed by atoms with Crippen molar-refractivity contribution in [3.8, 4) is 0 Å². The molecule has 106 valence electrons. The van der Waals surface area contributed by atoms with Crippen LogP contribution in [0.1, 0.15) is 36.3 Å². The van der Waals surface area contributed by atoms with Gasteiger partial charge in [-0.15, -0.1) is 0 Å². The number of rotatable bonds is 6. The fourth-order valence-electron chi connectivity index (χ4n) is 2.74. The van der Waals surface area contributed by atoms with Gasteiger partial charge in [-0.05, 0) is 32.3 Å². The summed E-state index contributed by atoms with van der Waals surface area (Å²) in [7, 11) is 1.80. The molecule has 1 aromatic heterocycles. The Morgan fingerprint density at radius 3 is 2.95 bits per heavy atom. The third-order valence-corrected chi connectivity index (χ3v) is 4.17. The molecular weight excluding hydrogens is 240 g/mol. The van der Waals surface area contributed by atoms with Gasteiger partial charge in [-0.25, -0.2) is 0 Å². The number of nitrogens with zero attached hydrogens (tertiary/aromatic N) is 1. The Morgan fingerprint density at radius 1 is 1.42 bits per heavy atom. The van der Waals surface area contributed by atoms with Crippen molar-refractivity contribution < 1.29 is 9.15 Å². The van der Waals surface area contributed by atoms with E-state index in [0.29, 0.717) is 6.10 Å². The highest BCUT2D eigenvalue weighted by atomic mass is 16.5. The average Bonchev–Trinajstić information content (AvgIpc) is 3.02. The zero-order valence-electron chi connectivity index (χ0n) is 11.9. The summed E-state index contributed by atoms with van der Waals surface area (Å²) < 4.78 is 11.2. The van der Waals surface area contributed by atoms with Gasteiger partial charge in [-0.2, -0.15) is 0 Å². The maximum atomic E-state index is 5.84. The third-order valence-electron chi connectivity index (χ3n) is 4.17. The van der Waals surface area contributed by atoms with E-state index in [4.69, 9.17) is 9.15 Å². The normalized spacial score (nSPS) is 24.2. The average molecular weight is 264 g/mol. The van der Waals surface area contributed by atoms with Crippen molar-refractivity contribution >= 4 is 0 Å². The van der Waals surface area contributed by atoms with Gasteiger partial charge in [0.15, 0.2) is 0 Å². The lowest BCUT2D eigenvalue weighted by Gasteiger charge is -2.14. The minimum atomic E-state index is 0.406. The van der Waals surface area contributed by atoms with Crippen molar-refractivity contribution in [3.05, 3.63) is 23.2 Å². The van der Waals surface area contributed by atoms with Crippen molar-refractivity contribution in [1.82, 2.24) is 10.2 Å². The van der Waals surface area contributed by atoms with Crippen molar-refractivity contribution in [2.75, 3.05) is 20.2 Å². The molecular formula is C15H24N2O2. The van der Waals surface area contributed by atoms with Crippen LogP contribution in [0.4, 0.5) is 0 Å². The molecule has 2 aliphatic rings. The number of likely N-dealkylation sites (tertiary alicyclic amines) is 1. The standard InChI is InChI=1S/C15H24N2O2/c1-11-12(9-17-6-5-14(10-17)18-2)7-15(19-11)8-16-13-3-4-13/h7,13-14,16H,3-6,8-10H2,1-2H3. The zero-order chi connectivity index (χ0) is 13.2. The molecule has 1 aliphatic heterocycles. The molecule has 0 spiro atoms. The summed E-state index contributed by atoms with van der Waals surface area (Å²) >= 11 is 0. The van der Waals surface area contributed by atoms with Crippen molar-refractivity contribution in [3.63, 3.8) is 0 Å². The van der Waals surface area contributed by atoms with Crippen LogP contribution in [-0.2, 0) is 17.8 Å². The fraction of sp³-hybridized carbons (Fsp3) is 0.733. The highest BCUT2D eigenvalue weighted by molar-refractivity contribution is 5.21. The highest BCUT2D eigenvalue weighted by Crippen LogP contribution is 2.22. The number of hydrogen-bond acceptors (Lipinski definition) is 4. The Kier molecular flexibility index (Phi) is 3.91. The maximum Gasteiger partial charge on any atom is 0.118 e. The first-order valence-corrected chi connectivity index (χ1v) is 7.31. The van der Waals surface area contributed by atoms with Crippen LogP contribution in [0.2, 0.25) is 0 Å². The predicted octanol–water partition coefficient (Wildman–Crippen LogP) is 2.06. The van der Waals surface area contributed by atoms with Gasteiger partial charge in [-0.3, -0.25) is 4.90 Å². The van der Waals surface area contributed by atoms with Gasteiger partial charge in [0.2, 0.25) is 0 Å². The molecule has 19 heavy (non-hydrogen) atoms. The SMILES string of the molecule is COC1CCN(Cc2cc(CNC3CC3)oc2C)C1. The summed E-state index contributed by atoms with van der Waals surface area (Å²) in [5, 5.41) is 3.50. The molecule has 1 saturated heterocycles. The summed E-state index contributed by atoms with van der Waals surface area (Å²) in [6.45, 7) is 6.08. The van der Waals surface area contributed by atoms with Crippen LogP contribution in [0, 0.1) is 6.92 Å². The second kappa shape index (κ2) is 5.65. The smallest absolute Gasteiger partial charge is 0.118 e. The lowest BCUT2D eigenvalue weighted by Crippen LogP contribution is -2.22. The molecule has 4 nitrogen and oxygen atoms in total. The first-order valence-electron chi connectivity index (χ1n) is 7.31. The Bertz CT molecular complexity index is 426. The Morgan fingerprint density at radius 2 is 2.26 bits per heavy atom. The molecule has 0 bridgehead atoms. The number of ether oxygens (including phenoxy) is 1. The summed E-state index contributed by atoms with van der Waals surface area (Å²) in [4.78, 5) is 2.45. The van der Waals surface area contributed by atoms with E-state index in [1.165, 1.54) is 18.4 Å². The Labute approximate surface area is 115 Å². The third kappa shape index (κ3) is 3.38. The van der Waals surface area contributed by atoms with Crippen LogP contribution in [0.3, 0.4) is 0 Å². The van der Waals surface area contributed by atoms with E-state index < -0.39 is 0 Å². The van der Waals surface area contributed by atoms with Crippen molar-refractivity contribution in [2.24, 2.45) is 0 Å². The van der Waals surface area contributed by atoms with Crippen LogP contribution < -0.4 is 5.32 Å². The molecule has 2 heterocycles. The van der Waals surface area contributed by atoms with E-state index >= 15 is 0 Å². The monoisotopic (exact) mass is 264 g/mol. The second-order valence-corrected chi connectivity index (χ2v) is 5.83. The van der Waals surface area contributed by atoms with Crippen LogP contribution in [-0.4, -0.2) is 37.2 Å². The molecule has 4 heteroatoms. The Balaban J connectivity index is 1.54. The minimum Gasteiger partial charge on any atom is -0.465 e. The summed E-state index contributed by atoms with van der Waals surface area (Å²) in [5.74, 6) is 2.13. The summed E-state index contributed by atoms with van der Waals surface area (Å²) in [6, 6.07) is 2.94. The van der Waals surface area contributed by atoms with Gasteiger partial charge in [0, 0.05) is 38.3 Å². The molecule has 0 aromatic carbocycles. The van der Waals surface area contributed by atoms with Crippen LogP contribution in [0.25, 0.3) is 0 Å². The van der Waals surface area contributed by atoms with Crippen LogP contribution >= 0.6 is 0 Å². The molecule has 1 atom stereocenters. The van der Waals surface area contributed by atoms with Gasteiger partial charge in [0.25, 0.3) is 0 Å². The lowest BCUT2D eigenvalue weighted by atomic mass is 10.2. The number of furan rings is 1. The fourth-order valence-corrected chi connectivity index (χ4v) is 2.74. The summed E-state index contributed by atoms with van der Waals surface area (Å²) in [6.07, 6.45) is 4.18. The van der Waals surface area contributed by atoms with E-state index in [-0.39, 0.29) is 0 Å². The maximum absolute atomic E-state index is 5.84. The number of aryl methyl sites for hydroxylation is 1. The highest BCUT2D eigenvalue weighted by Gasteiger charge is 2.24. The number of methoxy groups -OCH3 is 1. The van der Waals surface area contributed by atoms with E-state index in [0.717, 1.165) is 50.2 Å². The van der Waals surface area contributed by atoms with Crippen molar-refractivity contribution in [1.29, 1.82) is 0 Å². The molecule has 1 aromatic rings. The van der Waals surface area contributed by atoms with E-state index in [2.05, 4.69) is 23.2 Å². The molecule has 3 rings (SSSR count). The van der Waals surface area contributed by atoms with E-state index in [9.17, 15) is 0 Å². The molecule has 0 radical (unpaired) electrons. The topological polar surface area (TPSA) is 37.6 Å². The molecule has 1 aliphatic carbocycles. The quantitative estimate of drug-likeness (QED) is 0.853. The van der Waals surface area contributed by atoms with Crippen molar-refractivity contribution in [2.45, 2.75) is 51.4 Å². The molecule has 1 saturated carbocycles. The molecule has 0 amide bonds. The number of hydrogen-bond donors (Lipinski definition) is 1. The first kappa shape index (κ1) is 13.2. The van der Waals surface area contributed by atoms with Gasteiger partial charge in [-0.1, -0.05) is 0 Å². The van der Waals surface area contributed by atoms with E-state index in [1.54, 1.807) is 7.11 Å². The van der Waals surface area contributed by atoms with Crippen LogP contribution in [0.15, 0.2) is 10.5 Å². The molecule has 1 unspecified atom stereocenters. The predicted molar refractivity (Wildman–Crippen MR) is 74.0 cm³/mol. The zero-order valence-corrected chi connectivity index (χ0v) is 11.9. The molecule has 2 fully saturated rings. The first-order chi connectivity index (χ1) is 9.24. The largest absolute Gasteiger partial charge is 0.465 e. The minimum absolute atomic E-state index is 0.406. The lowest BCUT2D eigenvalue weighted by molar-refractivity contribution is 0.107. The second-order valence-electron chi connectivity index (χ2n) is 5.83. The van der Waals surface area contributed by atoms with Gasteiger partial charge in [0.05, 0.1) is 12.6 Å². The van der Waals surface area contributed by atoms with Gasteiger partial charge < -0.3 is 14.5 Å². The van der Waals surface area contributed by atoms with Crippen LogP contribution in [0.5, 0.6) is 0 Å². The summed E-state index contributed by atoms with van der Waals surface area (Å²) in [5.41, 5.74) is 1.32. The van der Waals surface area contributed by atoms with E-state index in [1.807, 2.05) is 0 Å².